The van der Waals surface area contributed by atoms with Gasteiger partial charge >= 0.3 is 0 Å². The summed E-state index contributed by atoms with van der Waals surface area (Å²) in [5.41, 5.74) is 1.30. The molecule has 1 heterocycles. The van der Waals surface area contributed by atoms with Gasteiger partial charge in [0.1, 0.15) is 0 Å². The number of hydrogen-bond acceptors (Lipinski definition) is 6. The summed E-state index contributed by atoms with van der Waals surface area (Å²) in [6, 6.07) is 13.6. The van der Waals surface area contributed by atoms with Gasteiger partial charge in [-0.15, -0.1) is 10.2 Å². The number of aromatic nitrogens is 3. The van der Waals surface area contributed by atoms with Crippen molar-refractivity contribution in [1.29, 1.82) is 0 Å². The van der Waals surface area contributed by atoms with Crippen LogP contribution in [0.15, 0.2) is 53.7 Å². The molecule has 1 N–H and O–H groups in total. The molecule has 1 fully saturated rings. The van der Waals surface area contributed by atoms with Crippen molar-refractivity contribution in [2.24, 2.45) is 0 Å². The maximum absolute atomic E-state index is 12.8. The molecule has 3 aromatic rings. The third-order valence-electron chi connectivity index (χ3n) is 5.47. The number of nitro groups is 1. The number of nitrogens with one attached hydrogen (secondary N) is 1. The van der Waals surface area contributed by atoms with Crippen LogP contribution >= 0.6 is 23.4 Å². The summed E-state index contributed by atoms with van der Waals surface area (Å²) in [4.78, 5) is 23.1. The van der Waals surface area contributed by atoms with Gasteiger partial charge in [0.05, 0.1) is 15.2 Å². The first kappa shape index (κ1) is 22.3. The molecule has 0 saturated heterocycles. The number of anilines is 1. The Morgan fingerprint density at radius 3 is 2.53 bits per heavy atom. The predicted octanol–water partition coefficient (Wildman–Crippen LogP) is 5.74. The lowest BCUT2D eigenvalue weighted by molar-refractivity contribution is -0.384. The van der Waals surface area contributed by atoms with Gasteiger partial charge in [0, 0.05) is 29.4 Å². The van der Waals surface area contributed by atoms with E-state index in [0.717, 1.165) is 31.2 Å². The van der Waals surface area contributed by atoms with Crippen molar-refractivity contribution in [2.45, 2.75) is 49.1 Å². The lowest BCUT2D eigenvalue weighted by atomic mass is 10.2. The molecule has 1 aliphatic rings. The van der Waals surface area contributed by atoms with E-state index in [1.807, 2.05) is 24.3 Å². The van der Waals surface area contributed by atoms with Crippen LogP contribution in [-0.2, 0) is 4.79 Å². The van der Waals surface area contributed by atoms with Gasteiger partial charge in [0.2, 0.25) is 5.91 Å². The molecule has 32 heavy (non-hydrogen) atoms. The van der Waals surface area contributed by atoms with Crippen molar-refractivity contribution in [2.75, 3.05) is 5.32 Å². The maximum Gasteiger partial charge on any atom is 0.269 e. The molecule has 0 aliphatic heterocycles. The van der Waals surface area contributed by atoms with E-state index in [1.54, 1.807) is 6.92 Å². The fraction of sp³-hybridized carbons (Fsp3) is 0.318. The quantitative estimate of drug-likeness (QED) is 0.267. The van der Waals surface area contributed by atoms with Crippen LogP contribution in [0.2, 0.25) is 5.02 Å². The number of thioether (sulfide) groups is 1. The van der Waals surface area contributed by atoms with Gasteiger partial charge in [-0.1, -0.05) is 48.3 Å². The van der Waals surface area contributed by atoms with Crippen LogP contribution in [0.4, 0.5) is 11.4 Å². The van der Waals surface area contributed by atoms with E-state index in [1.165, 1.54) is 36.0 Å². The first-order chi connectivity index (χ1) is 15.4. The molecule has 4 rings (SSSR count). The Morgan fingerprint density at radius 1 is 1.19 bits per heavy atom. The number of rotatable bonds is 7. The average molecular weight is 472 g/mol. The Kier molecular flexibility index (Phi) is 6.76. The van der Waals surface area contributed by atoms with Crippen LogP contribution in [0.25, 0.3) is 11.4 Å². The van der Waals surface area contributed by atoms with Gasteiger partial charge in [-0.3, -0.25) is 19.5 Å². The summed E-state index contributed by atoms with van der Waals surface area (Å²) in [7, 11) is 0. The minimum Gasteiger partial charge on any atom is -0.325 e. The topological polar surface area (TPSA) is 103 Å². The van der Waals surface area contributed by atoms with Crippen LogP contribution in [-0.4, -0.2) is 30.8 Å². The molecule has 1 atom stereocenters. The molecule has 1 saturated carbocycles. The Hall–Kier alpha value is -2.91. The zero-order chi connectivity index (χ0) is 22.7. The van der Waals surface area contributed by atoms with E-state index in [-0.39, 0.29) is 17.6 Å². The van der Waals surface area contributed by atoms with Crippen molar-refractivity contribution in [1.82, 2.24) is 14.8 Å². The standard InChI is InChI=1S/C22H22ClN5O3S/c1-14(21(29)24-15-10-12-17(13-11-15)28(30)31)32-22-26-25-20(18-8-4-5-9-19(18)23)27(22)16-6-2-3-7-16/h4-5,8-14,16H,2-3,6-7H2,1H3,(H,24,29). The lowest BCUT2D eigenvalue weighted by Gasteiger charge is -2.19. The third kappa shape index (κ3) is 4.78. The molecule has 1 aromatic heterocycles. The average Bonchev–Trinajstić information content (AvgIpc) is 3.44. The SMILES string of the molecule is CC(Sc1nnc(-c2ccccc2Cl)n1C1CCCC1)C(=O)Nc1ccc([N+](=O)[O-])cc1. The number of non-ortho nitro benzene ring substituents is 1. The van der Waals surface area contributed by atoms with E-state index in [9.17, 15) is 14.9 Å². The van der Waals surface area contributed by atoms with E-state index in [2.05, 4.69) is 20.1 Å². The Labute approximate surface area is 194 Å². The van der Waals surface area contributed by atoms with Gasteiger partial charge in [0.25, 0.3) is 5.69 Å². The van der Waals surface area contributed by atoms with Crippen LogP contribution in [0, 0.1) is 10.1 Å². The smallest absolute Gasteiger partial charge is 0.269 e. The van der Waals surface area contributed by atoms with Gasteiger partial charge < -0.3 is 5.32 Å². The number of halogens is 1. The molecule has 10 heteroatoms. The van der Waals surface area contributed by atoms with E-state index in [0.29, 0.717) is 21.7 Å². The number of benzene rings is 2. The highest BCUT2D eigenvalue weighted by atomic mass is 35.5. The minimum atomic E-state index is -0.476. The van der Waals surface area contributed by atoms with Crippen LogP contribution in [0.3, 0.4) is 0 Å². The largest absolute Gasteiger partial charge is 0.325 e. The molecule has 1 aliphatic carbocycles. The summed E-state index contributed by atoms with van der Waals surface area (Å²) in [5, 5.41) is 23.3. The van der Waals surface area contributed by atoms with E-state index >= 15 is 0 Å². The predicted molar refractivity (Wildman–Crippen MR) is 125 cm³/mol. The summed E-state index contributed by atoms with van der Waals surface area (Å²) < 4.78 is 2.12. The molecule has 1 unspecified atom stereocenters. The second-order valence-electron chi connectivity index (χ2n) is 7.65. The minimum absolute atomic E-state index is 0.0258. The normalized spacial score (nSPS) is 14.9. The Balaban J connectivity index is 1.54. The Bertz CT molecular complexity index is 1130. The fourth-order valence-corrected chi connectivity index (χ4v) is 4.94. The van der Waals surface area contributed by atoms with Gasteiger partial charge in [-0.25, -0.2) is 0 Å². The number of carbonyl (C=O) groups excluding carboxylic acids is 1. The van der Waals surface area contributed by atoms with Crippen molar-refractivity contribution in [3.05, 3.63) is 63.7 Å². The Morgan fingerprint density at radius 2 is 1.88 bits per heavy atom. The molecule has 1 amide bonds. The highest BCUT2D eigenvalue weighted by Gasteiger charge is 2.28. The summed E-state index contributed by atoms with van der Waals surface area (Å²) in [6.07, 6.45) is 4.36. The van der Waals surface area contributed by atoms with Crippen molar-refractivity contribution in [3.63, 3.8) is 0 Å². The lowest BCUT2D eigenvalue weighted by Crippen LogP contribution is -2.23. The first-order valence-electron chi connectivity index (χ1n) is 10.4. The summed E-state index contributed by atoms with van der Waals surface area (Å²) in [6.45, 7) is 1.80. The number of nitrogens with zero attached hydrogens (tertiary/aromatic N) is 4. The second-order valence-corrected chi connectivity index (χ2v) is 9.36. The van der Waals surface area contributed by atoms with E-state index < -0.39 is 10.2 Å². The van der Waals surface area contributed by atoms with Crippen molar-refractivity contribution < 1.29 is 9.72 Å². The van der Waals surface area contributed by atoms with Crippen LogP contribution in [0.5, 0.6) is 0 Å². The number of nitro benzene ring substituents is 1. The number of amides is 1. The van der Waals surface area contributed by atoms with Gasteiger partial charge in [0.15, 0.2) is 11.0 Å². The number of carbonyl (C=O) groups is 1. The second kappa shape index (κ2) is 9.70. The number of hydrogen-bond donors (Lipinski definition) is 1. The maximum atomic E-state index is 12.8. The van der Waals surface area contributed by atoms with Crippen LogP contribution in [0.1, 0.15) is 38.6 Å². The summed E-state index contributed by atoms with van der Waals surface area (Å²) in [5.74, 6) is 0.497. The highest BCUT2D eigenvalue weighted by Crippen LogP contribution is 2.39. The van der Waals surface area contributed by atoms with Gasteiger partial charge in [-0.2, -0.15) is 0 Å². The molecular weight excluding hydrogens is 450 g/mol. The van der Waals surface area contributed by atoms with Crippen molar-refractivity contribution >= 4 is 40.6 Å². The zero-order valence-corrected chi connectivity index (χ0v) is 19.0. The first-order valence-corrected chi connectivity index (χ1v) is 11.6. The fourth-order valence-electron chi connectivity index (χ4n) is 3.80. The van der Waals surface area contributed by atoms with Crippen molar-refractivity contribution in [3.8, 4) is 11.4 Å². The molecule has 8 nitrogen and oxygen atoms in total. The molecule has 0 radical (unpaired) electrons. The molecular formula is C22H22ClN5O3S. The zero-order valence-electron chi connectivity index (χ0n) is 17.4. The summed E-state index contributed by atoms with van der Waals surface area (Å²) >= 11 is 7.77. The van der Waals surface area contributed by atoms with E-state index in [4.69, 9.17) is 11.6 Å². The monoisotopic (exact) mass is 471 g/mol. The molecule has 0 spiro atoms. The molecule has 2 aromatic carbocycles. The van der Waals surface area contributed by atoms with Crippen LogP contribution < -0.4 is 5.32 Å². The molecule has 166 valence electrons. The van der Waals surface area contributed by atoms with Gasteiger partial charge in [-0.05, 0) is 44.0 Å². The molecule has 0 bridgehead atoms. The third-order valence-corrected chi connectivity index (χ3v) is 6.85. The highest BCUT2D eigenvalue weighted by molar-refractivity contribution is 8.00.